The third kappa shape index (κ3) is 2.23. The molecule has 1 saturated carbocycles. The van der Waals surface area contributed by atoms with E-state index < -0.39 is 0 Å². The van der Waals surface area contributed by atoms with E-state index in [-0.39, 0.29) is 6.04 Å². The normalized spacial score (nSPS) is 19.4. The fourth-order valence-electron chi connectivity index (χ4n) is 2.15. The molecule has 0 saturated heterocycles. The second-order valence-corrected chi connectivity index (χ2v) is 4.85. The molecule has 1 atom stereocenters. The van der Waals surface area contributed by atoms with Gasteiger partial charge < -0.3 is 20.5 Å². The van der Waals surface area contributed by atoms with Crippen molar-refractivity contribution in [3.63, 3.8) is 0 Å². The van der Waals surface area contributed by atoms with Crippen molar-refractivity contribution < 1.29 is 9.47 Å². The lowest BCUT2D eigenvalue weighted by Gasteiger charge is -2.16. The van der Waals surface area contributed by atoms with E-state index in [1.165, 1.54) is 18.4 Å². The monoisotopic (exact) mass is 234 g/mol. The Bertz CT molecular complexity index is 430. The van der Waals surface area contributed by atoms with Crippen molar-refractivity contribution in [2.75, 3.05) is 13.3 Å². The Balaban J connectivity index is 1.76. The van der Waals surface area contributed by atoms with Gasteiger partial charge >= 0.3 is 0 Å². The van der Waals surface area contributed by atoms with E-state index in [0.29, 0.717) is 12.8 Å². The average molecular weight is 234 g/mol. The molecule has 3 rings (SSSR count). The first-order valence-corrected chi connectivity index (χ1v) is 6.13. The SMILES string of the molecule is Cc1cc2c(cc1C(N)CNC1CC1)OCO2. The summed E-state index contributed by atoms with van der Waals surface area (Å²) >= 11 is 0. The highest BCUT2D eigenvalue weighted by atomic mass is 16.7. The van der Waals surface area contributed by atoms with E-state index in [2.05, 4.69) is 12.2 Å². The molecule has 1 aromatic carbocycles. The molecule has 0 amide bonds. The van der Waals surface area contributed by atoms with E-state index in [0.717, 1.165) is 23.6 Å². The van der Waals surface area contributed by atoms with Crippen molar-refractivity contribution in [3.8, 4) is 11.5 Å². The number of nitrogens with one attached hydrogen (secondary N) is 1. The first-order chi connectivity index (χ1) is 8.24. The molecule has 92 valence electrons. The van der Waals surface area contributed by atoms with Crippen LogP contribution in [0.25, 0.3) is 0 Å². The van der Waals surface area contributed by atoms with Gasteiger partial charge in [-0.05, 0) is 43.0 Å². The van der Waals surface area contributed by atoms with Gasteiger partial charge in [0.25, 0.3) is 0 Å². The zero-order chi connectivity index (χ0) is 11.8. The van der Waals surface area contributed by atoms with Crippen LogP contribution in [-0.4, -0.2) is 19.4 Å². The summed E-state index contributed by atoms with van der Waals surface area (Å²) in [6, 6.07) is 4.73. The van der Waals surface area contributed by atoms with Crippen molar-refractivity contribution in [1.29, 1.82) is 0 Å². The molecule has 1 heterocycles. The standard InChI is InChI=1S/C13H18N2O2/c1-8-4-12-13(17-7-16-12)5-10(8)11(14)6-15-9-2-3-9/h4-5,9,11,15H,2-3,6-7,14H2,1H3. The number of aryl methyl sites for hydroxylation is 1. The number of hydrogen-bond donors (Lipinski definition) is 2. The van der Waals surface area contributed by atoms with Gasteiger partial charge in [0.15, 0.2) is 11.5 Å². The van der Waals surface area contributed by atoms with Crippen molar-refractivity contribution in [2.45, 2.75) is 31.8 Å². The molecule has 1 unspecified atom stereocenters. The summed E-state index contributed by atoms with van der Waals surface area (Å²) in [5.74, 6) is 1.64. The molecule has 1 fully saturated rings. The van der Waals surface area contributed by atoms with Gasteiger partial charge in [0.1, 0.15) is 0 Å². The lowest BCUT2D eigenvalue weighted by Crippen LogP contribution is -2.28. The van der Waals surface area contributed by atoms with Crippen molar-refractivity contribution in [2.24, 2.45) is 5.73 Å². The van der Waals surface area contributed by atoms with Gasteiger partial charge in [-0.2, -0.15) is 0 Å². The number of hydrogen-bond acceptors (Lipinski definition) is 4. The summed E-state index contributed by atoms with van der Waals surface area (Å²) in [5.41, 5.74) is 8.51. The summed E-state index contributed by atoms with van der Waals surface area (Å²) in [4.78, 5) is 0. The predicted molar refractivity (Wildman–Crippen MR) is 65.3 cm³/mol. The topological polar surface area (TPSA) is 56.5 Å². The third-order valence-electron chi connectivity index (χ3n) is 3.36. The van der Waals surface area contributed by atoms with Crippen LogP contribution in [0.5, 0.6) is 11.5 Å². The van der Waals surface area contributed by atoms with Gasteiger partial charge in [0.05, 0.1) is 0 Å². The zero-order valence-corrected chi connectivity index (χ0v) is 10.0. The van der Waals surface area contributed by atoms with Crippen LogP contribution in [0.4, 0.5) is 0 Å². The van der Waals surface area contributed by atoms with Crippen LogP contribution in [0, 0.1) is 6.92 Å². The van der Waals surface area contributed by atoms with Gasteiger partial charge in [-0.15, -0.1) is 0 Å². The van der Waals surface area contributed by atoms with E-state index in [4.69, 9.17) is 15.2 Å². The lowest BCUT2D eigenvalue weighted by atomic mass is 10.0. The largest absolute Gasteiger partial charge is 0.454 e. The molecule has 4 nitrogen and oxygen atoms in total. The Labute approximate surface area is 101 Å². The summed E-state index contributed by atoms with van der Waals surface area (Å²) in [5, 5.41) is 3.45. The van der Waals surface area contributed by atoms with Gasteiger partial charge in [-0.25, -0.2) is 0 Å². The molecule has 0 radical (unpaired) electrons. The molecule has 0 spiro atoms. The predicted octanol–water partition coefficient (Wildman–Crippen LogP) is 1.48. The van der Waals surface area contributed by atoms with E-state index in [1.807, 2.05) is 12.1 Å². The Morgan fingerprint density at radius 2 is 2.06 bits per heavy atom. The molecule has 0 bridgehead atoms. The summed E-state index contributed by atoms with van der Waals surface area (Å²) < 4.78 is 10.7. The molecule has 4 heteroatoms. The van der Waals surface area contributed by atoms with Crippen LogP contribution in [0.3, 0.4) is 0 Å². The minimum absolute atomic E-state index is 0.0186. The van der Waals surface area contributed by atoms with Crippen molar-refractivity contribution in [1.82, 2.24) is 5.32 Å². The Hall–Kier alpha value is -1.26. The number of benzene rings is 1. The van der Waals surface area contributed by atoms with Gasteiger partial charge in [-0.1, -0.05) is 0 Å². The number of fused-ring (bicyclic) bond motifs is 1. The van der Waals surface area contributed by atoms with Crippen LogP contribution in [0.1, 0.15) is 30.0 Å². The zero-order valence-electron chi connectivity index (χ0n) is 10.0. The van der Waals surface area contributed by atoms with Crippen molar-refractivity contribution >= 4 is 0 Å². The maximum atomic E-state index is 6.21. The fourth-order valence-corrected chi connectivity index (χ4v) is 2.15. The minimum Gasteiger partial charge on any atom is -0.454 e. The quantitative estimate of drug-likeness (QED) is 0.828. The molecule has 2 aliphatic rings. The fraction of sp³-hybridized carbons (Fsp3) is 0.538. The maximum Gasteiger partial charge on any atom is 0.231 e. The molecule has 17 heavy (non-hydrogen) atoms. The smallest absolute Gasteiger partial charge is 0.231 e. The highest BCUT2D eigenvalue weighted by Crippen LogP contribution is 2.36. The third-order valence-corrected chi connectivity index (χ3v) is 3.36. The second kappa shape index (κ2) is 4.20. The van der Waals surface area contributed by atoms with E-state index in [9.17, 15) is 0 Å². The van der Waals surface area contributed by atoms with E-state index >= 15 is 0 Å². The van der Waals surface area contributed by atoms with Crippen LogP contribution in [0.2, 0.25) is 0 Å². The maximum absolute atomic E-state index is 6.21. The first-order valence-electron chi connectivity index (χ1n) is 6.13. The van der Waals surface area contributed by atoms with Gasteiger partial charge in [0.2, 0.25) is 6.79 Å². The number of nitrogens with two attached hydrogens (primary N) is 1. The molecular weight excluding hydrogens is 216 g/mol. The molecule has 1 aromatic rings. The van der Waals surface area contributed by atoms with Crippen LogP contribution < -0.4 is 20.5 Å². The van der Waals surface area contributed by atoms with Gasteiger partial charge in [-0.3, -0.25) is 0 Å². The molecular formula is C13H18N2O2. The Morgan fingerprint density at radius 1 is 1.35 bits per heavy atom. The average Bonchev–Trinajstić information content (AvgIpc) is 3.03. The number of ether oxygens (including phenoxy) is 2. The van der Waals surface area contributed by atoms with Crippen molar-refractivity contribution in [3.05, 3.63) is 23.3 Å². The summed E-state index contributed by atoms with van der Waals surface area (Å²) in [6.45, 7) is 3.20. The second-order valence-electron chi connectivity index (χ2n) is 4.85. The van der Waals surface area contributed by atoms with Crippen LogP contribution in [0.15, 0.2) is 12.1 Å². The first kappa shape index (κ1) is 10.9. The highest BCUT2D eigenvalue weighted by Gasteiger charge is 2.23. The number of rotatable bonds is 4. The molecule has 1 aliphatic heterocycles. The van der Waals surface area contributed by atoms with Gasteiger partial charge in [0, 0.05) is 18.6 Å². The Morgan fingerprint density at radius 3 is 2.76 bits per heavy atom. The van der Waals surface area contributed by atoms with E-state index in [1.54, 1.807) is 0 Å². The summed E-state index contributed by atoms with van der Waals surface area (Å²) in [6.07, 6.45) is 2.57. The molecule has 1 aliphatic carbocycles. The lowest BCUT2D eigenvalue weighted by molar-refractivity contribution is 0.174. The Kier molecular flexibility index (Phi) is 2.68. The van der Waals surface area contributed by atoms with Crippen LogP contribution in [-0.2, 0) is 0 Å². The molecule has 3 N–H and O–H groups in total. The van der Waals surface area contributed by atoms with Crippen LogP contribution >= 0.6 is 0 Å². The molecule has 0 aromatic heterocycles. The minimum atomic E-state index is 0.0186. The summed E-state index contributed by atoms with van der Waals surface area (Å²) in [7, 11) is 0. The highest BCUT2D eigenvalue weighted by molar-refractivity contribution is 5.49.